The Labute approximate surface area is 135 Å². The van der Waals surface area contributed by atoms with E-state index >= 15 is 0 Å². The van der Waals surface area contributed by atoms with E-state index in [1.165, 1.54) is 6.07 Å². The smallest absolute Gasteiger partial charge is 0.351 e. The Morgan fingerprint density at radius 1 is 1.04 bits per heavy atom. The molecule has 0 bridgehead atoms. The monoisotopic (exact) mass is 321 g/mol. The minimum absolute atomic E-state index is 0.164. The number of rotatable bonds is 2. The van der Waals surface area contributed by atoms with Gasteiger partial charge in [0.2, 0.25) is 0 Å². The van der Waals surface area contributed by atoms with Crippen LogP contribution in [0.3, 0.4) is 0 Å². The number of hydrogen-bond donors (Lipinski definition) is 0. The van der Waals surface area contributed by atoms with E-state index in [9.17, 15) is 9.59 Å². The van der Waals surface area contributed by atoms with E-state index in [0.717, 1.165) is 0 Å². The molecule has 0 aliphatic heterocycles. The van der Waals surface area contributed by atoms with E-state index in [0.29, 0.717) is 28.0 Å². The average Bonchev–Trinajstić information content (AvgIpc) is 2.93. The molecule has 2 aromatic carbocycles. The van der Waals surface area contributed by atoms with E-state index < -0.39 is 11.6 Å². The van der Waals surface area contributed by atoms with Gasteiger partial charge in [-0.3, -0.25) is 0 Å². The van der Waals surface area contributed by atoms with Crippen LogP contribution >= 0.6 is 0 Å². The molecular formula is C18H11NO5. The first-order valence-corrected chi connectivity index (χ1v) is 7.22. The molecule has 0 N–H and O–H groups in total. The van der Waals surface area contributed by atoms with Crippen LogP contribution in [-0.4, -0.2) is 11.0 Å². The van der Waals surface area contributed by atoms with E-state index in [-0.39, 0.29) is 11.3 Å². The van der Waals surface area contributed by atoms with Gasteiger partial charge in [-0.1, -0.05) is 18.2 Å². The van der Waals surface area contributed by atoms with Crippen LogP contribution in [0, 0.1) is 6.92 Å². The second-order valence-electron chi connectivity index (χ2n) is 5.24. The molecule has 2 heterocycles. The number of hydrogen-bond acceptors (Lipinski definition) is 6. The molecule has 0 aliphatic carbocycles. The van der Waals surface area contributed by atoms with Crippen LogP contribution in [0.4, 0.5) is 0 Å². The SMILES string of the molecule is Cc1nc2ccc(OC(=O)c3cc4ccccc4oc3=O)cc2o1. The van der Waals surface area contributed by atoms with Gasteiger partial charge >= 0.3 is 11.6 Å². The Hall–Kier alpha value is -3.41. The minimum atomic E-state index is -0.787. The van der Waals surface area contributed by atoms with Gasteiger partial charge in [-0.25, -0.2) is 14.6 Å². The molecule has 0 fully saturated rings. The Bertz CT molecular complexity index is 1140. The van der Waals surface area contributed by atoms with Crippen LogP contribution in [0.2, 0.25) is 0 Å². The van der Waals surface area contributed by atoms with Crippen LogP contribution in [-0.2, 0) is 0 Å². The molecule has 4 aromatic rings. The summed E-state index contributed by atoms with van der Waals surface area (Å²) in [5.41, 5.74) is 0.677. The molecule has 0 saturated heterocycles. The maximum atomic E-state index is 12.3. The standard InChI is InChI=1S/C18H11NO5/c1-10-19-14-7-6-12(9-16(14)22-10)23-17(20)13-8-11-4-2-3-5-15(11)24-18(13)21/h2-9H,1H3. The van der Waals surface area contributed by atoms with Gasteiger partial charge in [0.05, 0.1) is 0 Å². The van der Waals surface area contributed by atoms with Gasteiger partial charge in [0.25, 0.3) is 0 Å². The van der Waals surface area contributed by atoms with E-state index in [1.54, 1.807) is 49.4 Å². The summed E-state index contributed by atoms with van der Waals surface area (Å²) in [6.07, 6.45) is 0. The molecule has 4 rings (SSSR count). The number of carbonyl (C=O) groups is 1. The molecule has 0 saturated carbocycles. The van der Waals surface area contributed by atoms with Crippen molar-refractivity contribution < 1.29 is 18.4 Å². The van der Waals surface area contributed by atoms with Crippen molar-refractivity contribution in [2.24, 2.45) is 0 Å². The molecule has 0 spiro atoms. The van der Waals surface area contributed by atoms with Crippen molar-refractivity contribution >= 4 is 28.0 Å². The number of nitrogens with zero attached hydrogens (tertiary/aromatic N) is 1. The highest BCUT2D eigenvalue weighted by atomic mass is 16.5. The van der Waals surface area contributed by atoms with Crippen LogP contribution < -0.4 is 10.4 Å². The van der Waals surface area contributed by atoms with Crippen molar-refractivity contribution in [3.05, 3.63) is 70.4 Å². The average molecular weight is 321 g/mol. The summed E-state index contributed by atoms with van der Waals surface area (Å²) < 4.78 is 15.8. The molecule has 24 heavy (non-hydrogen) atoms. The number of carbonyl (C=O) groups excluding carboxylic acids is 1. The van der Waals surface area contributed by atoms with Crippen molar-refractivity contribution in [2.45, 2.75) is 6.92 Å². The molecule has 0 atom stereocenters. The molecule has 0 radical (unpaired) electrons. The zero-order valence-electron chi connectivity index (χ0n) is 12.6. The Kier molecular flexibility index (Phi) is 3.16. The van der Waals surface area contributed by atoms with E-state index in [1.807, 2.05) is 0 Å². The van der Waals surface area contributed by atoms with Gasteiger partial charge in [-0.2, -0.15) is 0 Å². The van der Waals surface area contributed by atoms with Crippen LogP contribution in [0.25, 0.3) is 22.1 Å². The minimum Gasteiger partial charge on any atom is -0.441 e. The zero-order chi connectivity index (χ0) is 16.7. The van der Waals surface area contributed by atoms with Gasteiger partial charge in [-0.15, -0.1) is 0 Å². The number of benzene rings is 2. The maximum Gasteiger partial charge on any atom is 0.351 e. The van der Waals surface area contributed by atoms with Crippen molar-refractivity contribution in [1.29, 1.82) is 0 Å². The predicted octanol–water partition coefficient (Wildman–Crippen LogP) is 3.46. The third-order valence-electron chi connectivity index (χ3n) is 3.54. The third kappa shape index (κ3) is 2.44. The fourth-order valence-corrected chi connectivity index (χ4v) is 2.45. The number of fused-ring (bicyclic) bond motifs is 2. The molecule has 0 aliphatic rings. The Morgan fingerprint density at radius 3 is 2.75 bits per heavy atom. The summed E-state index contributed by atoms with van der Waals surface area (Å²) in [7, 11) is 0. The predicted molar refractivity (Wildman–Crippen MR) is 86.2 cm³/mol. The highest BCUT2D eigenvalue weighted by molar-refractivity contribution is 5.94. The summed E-state index contributed by atoms with van der Waals surface area (Å²) in [6.45, 7) is 1.73. The summed E-state index contributed by atoms with van der Waals surface area (Å²) in [5, 5.41) is 0.644. The second kappa shape index (κ2) is 5.34. The number of oxazole rings is 1. The van der Waals surface area contributed by atoms with Crippen LogP contribution in [0.5, 0.6) is 5.75 Å². The van der Waals surface area contributed by atoms with Gasteiger partial charge in [-0.05, 0) is 24.3 Å². The fourth-order valence-electron chi connectivity index (χ4n) is 2.45. The topological polar surface area (TPSA) is 82.5 Å². The largest absolute Gasteiger partial charge is 0.441 e. The highest BCUT2D eigenvalue weighted by Crippen LogP contribution is 2.22. The quantitative estimate of drug-likeness (QED) is 0.319. The van der Waals surface area contributed by atoms with E-state index in [4.69, 9.17) is 13.6 Å². The zero-order valence-corrected chi connectivity index (χ0v) is 12.6. The van der Waals surface area contributed by atoms with Gasteiger partial charge in [0.1, 0.15) is 22.4 Å². The number of aromatic nitrogens is 1. The molecule has 2 aromatic heterocycles. The van der Waals surface area contributed by atoms with Gasteiger partial charge < -0.3 is 13.6 Å². The van der Waals surface area contributed by atoms with Crippen molar-refractivity contribution in [2.75, 3.05) is 0 Å². The number of para-hydroxylation sites is 1. The van der Waals surface area contributed by atoms with Crippen molar-refractivity contribution in [3.63, 3.8) is 0 Å². The molecule has 0 unspecified atom stereocenters. The maximum absolute atomic E-state index is 12.3. The van der Waals surface area contributed by atoms with Crippen LogP contribution in [0.1, 0.15) is 16.2 Å². The fraction of sp³-hybridized carbons (Fsp3) is 0.0556. The summed E-state index contributed by atoms with van der Waals surface area (Å²) in [6, 6.07) is 13.2. The van der Waals surface area contributed by atoms with Crippen molar-refractivity contribution in [1.82, 2.24) is 4.98 Å². The Morgan fingerprint density at radius 2 is 1.88 bits per heavy atom. The third-order valence-corrected chi connectivity index (χ3v) is 3.54. The summed E-state index contributed by atoms with van der Waals surface area (Å²) in [5.74, 6) is -0.00931. The number of aryl methyl sites for hydroxylation is 1. The lowest BCUT2D eigenvalue weighted by Gasteiger charge is -2.04. The lowest BCUT2D eigenvalue weighted by Crippen LogP contribution is -2.18. The molecule has 0 amide bonds. The lowest BCUT2D eigenvalue weighted by atomic mass is 10.2. The van der Waals surface area contributed by atoms with Crippen molar-refractivity contribution in [3.8, 4) is 5.75 Å². The highest BCUT2D eigenvalue weighted by Gasteiger charge is 2.16. The second-order valence-corrected chi connectivity index (χ2v) is 5.24. The Balaban J connectivity index is 1.70. The van der Waals surface area contributed by atoms with E-state index in [2.05, 4.69) is 4.98 Å². The molecule has 118 valence electrons. The van der Waals surface area contributed by atoms with Crippen LogP contribution in [0.15, 0.2) is 62.2 Å². The molecule has 6 nitrogen and oxygen atoms in total. The molecule has 6 heteroatoms. The first-order valence-electron chi connectivity index (χ1n) is 7.22. The number of ether oxygens (including phenoxy) is 1. The first kappa shape index (κ1) is 14.2. The normalized spacial score (nSPS) is 11.0. The summed E-state index contributed by atoms with van der Waals surface area (Å²) in [4.78, 5) is 28.4. The first-order chi connectivity index (χ1) is 11.6. The molecular weight excluding hydrogens is 310 g/mol. The lowest BCUT2D eigenvalue weighted by molar-refractivity contribution is 0.0730. The van der Waals surface area contributed by atoms with Gasteiger partial charge in [0, 0.05) is 18.4 Å². The number of esters is 1. The summed E-state index contributed by atoms with van der Waals surface area (Å²) >= 11 is 0. The van der Waals surface area contributed by atoms with Gasteiger partial charge in [0.15, 0.2) is 11.5 Å².